The van der Waals surface area contributed by atoms with Crippen molar-refractivity contribution < 1.29 is 10.2 Å². The molecule has 1 aliphatic rings. The Balaban J connectivity index is 1.92. The van der Waals surface area contributed by atoms with Crippen molar-refractivity contribution >= 4 is 16.5 Å². The second kappa shape index (κ2) is 6.24. The highest BCUT2D eigenvalue weighted by molar-refractivity contribution is 5.83. The van der Waals surface area contributed by atoms with Crippen LogP contribution in [0.4, 0.5) is 0 Å². The molecule has 1 aromatic carbocycles. The van der Waals surface area contributed by atoms with Gasteiger partial charge in [-0.2, -0.15) is 5.10 Å². The van der Waals surface area contributed by atoms with Gasteiger partial charge in [0.1, 0.15) is 0 Å². The molecule has 0 saturated heterocycles. The van der Waals surface area contributed by atoms with E-state index in [1.807, 2.05) is 55.9 Å². The number of nitrogens with zero attached hydrogens (tertiary/aromatic N) is 3. The summed E-state index contributed by atoms with van der Waals surface area (Å²) in [4.78, 5) is 12.6. The first kappa shape index (κ1) is 18.3. The van der Waals surface area contributed by atoms with E-state index in [1.54, 1.807) is 13.0 Å². The van der Waals surface area contributed by atoms with Gasteiger partial charge in [-0.05, 0) is 48.8 Å². The van der Waals surface area contributed by atoms with Crippen molar-refractivity contribution in [3.8, 4) is 5.69 Å². The molecular weight excluding hydrogens is 356 g/mol. The van der Waals surface area contributed by atoms with E-state index in [0.29, 0.717) is 17.1 Å². The summed E-state index contributed by atoms with van der Waals surface area (Å²) in [6.07, 6.45) is 3.78. The van der Waals surface area contributed by atoms with Gasteiger partial charge in [0.2, 0.25) is 0 Å². The molecule has 4 rings (SSSR count). The number of aliphatic hydroxyl groups is 2. The van der Waals surface area contributed by atoms with Crippen molar-refractivity contribution in [2.45, 2.75) is 32.8 Å². The molecule has 1 unspecified atom stereocenters. The second-order valence-corrected chi connectivity index (χ2v) is 7.92. The van der Waals surface area contributed by atoms with Gasteiger partial charge >= 0.3 is 5.69 Å². The molecule has 7 nitrogen and oxygen atoms in total. The monoisotopic (exact) mass is 380 g/mol. The fourth-order valence-corrected chi connectivity index (χ4v) is 3.85. The highest BCUT2D eigenvalue weighted by Gasteiger charge is 2.36. The minimum Gasteiger partial charge on any atom is -0.512 e. The van der Waals surface area contributed by atoms with Crippen molar-refractivity contribution in [2.24, 2.45) is 13.0 Å². The van der Waals surface area contributed by atoms with Crippen molar-refractivity contribution in [1.29, 1.82) is 0 Å². The third kappa shape index (κ3) is 2.79. The normalized spacial score (nSPS) is 20.3. The number of aliphatic hydroxyl groups excluding tert-OH is 1. The van der Waals surface area contributed by atoms with Crippen LogP contribution < -0.4 is 5.69 Å². The average molecular weight is 380 g/mol. The van der Waals surface area contributed by atoms with E-state index in [9.17, 15) is 15.0 Å². The maximum absolute atomic E-state index is 12.6. The highest BCUT2D eigenvalue weighted by atomic mass is 16.3. The fraction of sp³-hybridized carbons (Fsp3) is 0.333. The molecule has 2 heterocycles. The van der Waals surface area contributed by atoms with Crippen molar-refractivity contribution in [1.82, 2.24) is 19.3 Å². The van der Waals surface area contributed by atoms with E-state index < -0.39 is 5.60 Å². The van der Waals surface area contributed by atoms with Gasteiger partial charge < -0.3 is 14.8 Å². The van der Waals surface area contributed by atoms with Crippen LogP contribution in [0.25, 0.3) is 22.2 Å². The lowest BCUT2D eigenvalue weighted by Gasteiger charge is -2.31. The van der Waals surface area contributed by atoms with Gasteiger partial charge in [-0.3, -0.25) is 0 Å². The number of H-pyrrole nitrogens is 1. The lowest BCUT2D eigenvalue weighted by molar-refractivity contribution is 0.104. The number of rotatable bonds is 3. The van der Waals surface area contributed by atoms with Crippen LogP contribution in [0.1, 0.15) is 33.0 Å². The van der Waals surface area contributed by atoms with E-state index in [2.05, 4.69) is 10.2 Å². The van der Waals surface area contributed by atoms with Crippen molar-refractivity contribution in [3.63, 3.8) is 0 Å². The first-order valence-corrected chi connectivity index (χ1v) is 9.29. The van der Waals surface area contributed by atoms with Gasteiger partial charge in [0.25, 0.3) is 0 Å². The summed E-state index contributed by atoms with van der Waals surface area (Å²) in [6.45, 7) is 5.57. The van der Waals surface area contributed by atoms with Crippen molar-refractivity contribution in [3.05, 3.63) is 64.2 Å². The third-order valence-corrected chi connectivity index (χ3v) is 5.39. The molecule has 0 aliphatic heterocycles. The molecule has 3 N–H and O–H groups in total. The molecule has 146 valence electrons. The smallest absolute Gasteiger partial charge is 0.348 e. The van der Waals surface area contributed by atoms with Crippen LogP contribution in [0.15, 0.2) is 52.7 Å². The van der Waals surface area contributed by atoms with E-state index in [4.69, 9.17) is 0 Å². The number of aromatic nitrogens is 4. The predicted octanol–water partition coefficient (Wildman–Crippen LogP) is 3.06. The van der Waals surface area contributed by atoms with E-state index in [1.165, 1.54) is 4.57 Å². The topological polar surface area (TPSA) is 96.1 Å². The SMILES string of the molecule is CC(C)C1=C(O)CC(C)(O)C(c2n[nH]c(=O)n2-c2ccc3c(ccn3C)c2)=C1. The van der Waals surface area contributed by atoms with Crippen LogP contribution >= 0.6 is 0 Å². The number of aryl methyl sites for hydroxylation is 1. The summed E-state index contributed by atoms with van der Waals surface area (Å²) in [5.74, 6) is 0.584. The molecule has 3 aromatic rings. The summed E-state index contributed by atoms with van der Waals surface area (Å²) >= 11 is 0. The van der Waals surface area contributed by atoms with Gasteiger partial charge in [0.05, 0.1) is 17.0 Å². The Labute approximate surface area is 162 Å². The number of aromatic amines is 1. The Hall–Kier alpha value is -3.06. The Kier molecular flexibility index (Phi) is 4.08. The highest BCUT2D eigenvalue weighted by Crippen LogP contribution is 2.39. The Morgan fingerprint density at radius 2 is 2.04 bits per heavy atom. The van der Waals surface area contributed by atoms with Gasteiger partial charge in [0, 0.05) is 36.1 Å². The van der Waals surface area contributed by atoms with E-state index in [0.717, 1.165) is 16.5 Å². The standard InChI is InChI=1S/C21H24N4O3/c1-12(2)15-10-16(21(3,28)11-18(15)26)19-22-23-20(27)25(19)14-5-6-17-13(9-14)7-8-24(17)4/h5-10,12,26,28H,11H2,1-4H3,(H,23,27). The number of fused-ring (bicyclic) bond motifs is 1. The summed E-state index contributed by atoms with van der Waals surface area (Å²) in [5, 5.41) is 29.0. The Morgan fingerprint density at radius 1 is 1.29 bits per heavy atom. The number of hydrogen-bond acceptors (Lipinski definition) is 4. The minimum absolute atomic E-state index is 0.0745. The lowest BCUT2D eigenvalue weighted by atomic mass is 9.81. The number of benzene rings is 1. The molecule has 0 bridgehead atoms. The number of nitrogens with one attached hydrogen (secondary N) is 1. The number of hydrogen-bond donors (Lipinski definition) is 3. The predicted molar refractivity (Wildman–Crippen MR) is 108 cm³/mol. The number of allylic oxidation sites excluding steroid dienone is 2. The zero-order valence-corrected chi connectivity index (χ0v) is 16.4. The molecule has 7 heteroatoms. The summed E-state index contributed by atoms with van der Waals surface area (Å²) in [5.41, 5.74) is 1.23. The lowest BCUT2D eigenvalue weighted by Crippen LogP contribution is -2.32. The maximum atomic E-state index is 12.6. The first-order valence-electron chi connectivity index (χ1n) is 9.29. The maximum Gasteiger partial charge on any atom is 0.348 e. The van der Waals surface area contributed by atoms with Crippen LogP contribution in [0, 0.1) is 5.92 Å². The third-order valence-electron chi connectivity index (χ3n) is 5.39. The zero-order valence-electron chi connectivity index (χ0n) is 16.4. The largest absolute Gasteiger partial charge is 0.512 e. The van der Waals surface area contributed by atoms with Crippen LogP contribution in [0.5, 0.6) is 0 Å². The van der Waals surface area contributed by atoms with Gasteiger partial charge in [-0.25, -0.2) is 14.5 Å². The second-order valence-electron chi connectivity index (χ2n) is 7.92. The molecule has 0 radical (unpaired) electrons. The Bertz CT molecular complexity index is 1190. The van der Waals surface area contributed by atoms with Crippen LogP contribution in [0.3, 0.4) is 0 Å². The molecule has 1 atom stereocenters. The van der Waals surface area contributed by atoms with Crippen LogP contribution in [0.2, 0.25) is 0 Å². The minimum atomic E-state index is -1.34. The van der Waals surface area contributed by atoms with Crippen LogP contribution in [-0.2, 0) is 7.05 Å². The van der Waals surface area contributed by atoms with Crippen LogP contribution in [-0.4, -0.2) is 35.1 Å². The zero-order chi connectivity index (χ0) is 20.2. The molecule has 28 heavy (non-hydrogen) atoms. The van der Waals surface area contributed by atoms with E-state index >= 15 is 0 Å². The van der Waals surface area contributed by atoms with Gasteiger partial charge in [-0.15, -0.1) is 0 Å². The fourth-order valence-electron chi connectivity index (χ4n) is 3.85. The van der Waals surface area contributed by atoms with Crippen molar-refractivity contribution in [2.75, 3.05) is 0 Å². The van der Waals surface area contributed by atoms with Gasteiger partial charge in [0.15, 0.2) is 5.82 Å². The summed E-state index contributed by atoms with van der Waals surface area (Å²) in [6, 6.07) is 7.71. The quantitative estimate of drug-likeness (QED) is 0.651. The average Bonchev–Trinajstić information content (AvgIpc) is 3.16. The molecule has 0 amide bonds. The summed E-state index contributed by atoms with van der Waals surface area (Å²) < 4.78 is 3.47. The molecule has 0 spiro atoms. The molecule has 2 aromatic heterocycles. The molecule has 0 fully saturated rings. The first-order chi connectivity index (χ1) is 13.2. The molecular formula is C21H24N4O3. The van der Waals surface area contributed by atoms with E-state index in [-0.39, 0.29) is 23.8 Å². The van der Waals surface area contributed by atoms with Gasteiger partial charge in [-0.1, -0.05) is 13.8 Å². The molecule has 0 saturated carbocycles. The molecule has 1 aliphatic carbocycles. The summed E-state index contributed by atoms with van der Waals surface area (Å²) in [7, 11) is 1.97. The Morgan fingerprint density at radius 3 is 2.75 bits per heavy atom.